The van der Waals surface area contributed by atoms with Gasteiger partial charge in [-0.1, -0.05) is 13.8 Å². The summed E-state index contributed by atoms with van der Waals surface area (Å²) in [4.78, 5) is 11.2. The standard InChI is InChI=1S/C14H21NO2/c1-10(2)5-4-8-17-12-6-7-13(11(3)16)14(15)9-12/h6-7,9-10H,4-5,8,15H2,1-3H3. The van der Waals surface area contributed by atoms with Crippen LogP contribution in [0.3, 0.4) is 0 Å². The molecule has 0 spiro atoms. The summed E-state index contributed by atoms with van der Waals surface area (Å²) in [7, 11) is 0. The fraction of sp³-hybridized carbons (Fsp3) is 0.500. The van der Waals surface area contributed by atoms with Gasteiger partial charge in [0.1, 0.15) is 5.75 Å². The number of nitrogen functional groups attached to an aromatic ring is 1. The molecule has 3 heteroatoms. The molecule has 0 saturated heterocycles. The summed E-state index contributed by atoms with van der Waals surface area (Å²) in [6, 6.07) is 5.23. The lowest BCUT2D eigenvalue weighted by Crippen LogP contribution is -2.03. The van der Waals surface area contributed by atoms with Crippen LogP contribution in [0.15, 0.2) is 18.2 Å². The minimum atomic E-state index is -0.0196. The van der Waals surface area contributed by atoms with Crippen LogP contribution in [-0.4, -0.2) is 12.4 Å². The van der Waals surface area contributed by atoms with Gasteiger partial charge in [0.25, 0.3) is 0 Å². The van der Waals surface area contributed by atoms with Crippen LogP contribution in [0.25, 0.3) is 0 Å². The van der Waals surface area contributed by atoms with Gasteiger partial charge in [-0.25, -0.2) is 0 Å². The highest BCUT2D eigenvalue weighted by Gasteiger charge is 2.05. The number of hydrogen-bond donors (Lipinski definition) is 1. The minimum absolute atomic E-state index is 0.0196. The van der Waals surface area contributed by atoms with Gasteiger partial charge in [-0.3, -0.25) is 4.79 Å². The summed E-state index contributed by atoms with van der Waals surface area (Å²) in [6.45, 7) is 6.59. The van der Waals surface area contributed by atoms with Crippen molar-refractivity contribution in [2.24, 2.45) is 5.92 Å². The van der Waals surface area contributed by atoms with Gasteiger partial charge in [0.05, 0.1) is 6.61 Å². The van der Waals surface area contributed by atoms with Crippen LogP contribution in [0.1, 0.15) is 44.0 Å². The summed E-state index contributed by atoms with van der Waals surface area (Å²) in [5, 5.41) is 0. The molecular weight excluding hydrogens is 214 g/mol. The summed E-state index contributed by atoms with van der Waals surface area (Å²) >= 11 is 0. The quantitative estimate of drug-likeness (QED) is 0.467. The Hall–Kier alpha value is -1.51. The van der Waals surface area contributed by atoms with Crippen molar-refractivity contribution < 1.29 is 9.53 Å². The molecule has 0 aromatic heterocycles. The molecule has 94 valence electrons. The van der Waals surface area contributed by atoms with E-state index in [9.17, 15) is 4.79 Å². The Labute approximate surface area is 103 Å². The number of anilines is 1. The third kappa shape index (κ3) is 4.47. The number of carbonyl (C=O) groups excluding carboxylic acids is 1. The van der Waals surface area contributed by atoms with Gasteiger partial charge in [0, 0.05) is 17.3 Å². The molecular formula is C14H21NO2. The van der Waals surface area contributed by atoms with Gasteiger partial charge in [0.2, 0.25) is 0 Å². The second kappa shape index (κ2) is 6.28. The molecule has 0 unspecified atom stereocenters. The van der Waals surface area contributed by atoms with Gasteiger partial charge < -0.3 is 10.5 Å². The molecule has 3 nitrogen and oxygen atoms in total. The van der Waals surface area contributed by atoms with E-state index in [1.54, 1.807) is 18.2 Å². The molecule has 0 radical (unpaired) electrons. The van der Waals surface area contributed by atoms with Gasteiger partial charge >= 0.3 is 0 Å². The molecule has 2 N–H and O–H groups in total. The van der Waals surface area contributed by atoms with E-state index in [-0.39, 0.29) is 5.78 Å². The van der Waals surface area contributed by atoms with Crippen molar-refractivity contribution in [2.75, 3.05) is 12.3 Å². The molecule has 0 amide bonds. The van der Waals surface area contributed by atoms with E-state index in [4.69, 9.17) is 10.5 Å². The van der Waals surface area contributed by atoms with Gasteiger partial charge in [0.15, 0.2) is 5.78 Å². The molecule has 0 aliphatic rings. The van der Waals surface area contributed by atoms with Crippen LogP contribution in [0, 0.1) is 5.92 Å². The third-order valence-corrected chi connectivity index (χ3v) is 2.60. The first-order chi connectivity index (χ1) is 8.00. The van der Waals surface area contributed by atoms with Crippen molar-refractivity contribution >= 4 is 11.5 Å². The SMILES string of the molecule is CC(=O)c1ccc(OCCCC(C)C)cc1N. The van der Waals surface area contributed by atoms with E-state index in [1.165, 1.54) is 6.92 Å². The number of nitrogens with two attached hydrogens (primary N) is 1. The van der Waals surface area contributed by atoms with Crippen molar-refractivity contribution in [1.82, 2.24) is 0 Å². The third-order valence-electron chi connectivity index (χ3n) is 2.60. The van der Waals surface area contributed by atoms with Gasteiger partial charge in [-0.2, -0.15) is 0 Å². The molecule has 1 aromatic carbocycles. The zero-order valence-corrected chi connectivity index (χ0v) is 10.8. The van der Waals surface area contributed by atoms with Crippen molar-refractivity contribution in [3.8, 4) is 5.75 Å². The summed E-state index contributed by atoms with van der Waals surface area (Å²) in [6.07, 6.45) is 2.19. The van der Waals surface area contributed by atoms with Crippen LogP contribution in [-0.2, 0) is 0 Å². The topological polar surface area (TPSA) is 52.3 Å². The van der Waals surface area contributed by atoms with Crippen molar-refractivity contribution in [1.29, 1.82) is 0 Å². The Morgan fingerprint density at radius 3 is 2.65 bits per heavy atom. The molecule has 0 fully saturated rings. The molecule has 0 heterocycles. The van der Waals surface area contributed by atoms with E-state index in [0.29, 0.717) is 23.8 Å². The monoisotopic (exact) mass is 235 g/mol. The average Bonchev–Trinajstić information content (AvgIpc) is 2.23. The highest BCUT2D eigenvalue weighted by Crippen LogP contribution is 2.20. The first-order valence-electron chi connectivity index (χ1n) is 6.04. The fourth-order valence-electron chi connectivity index (χ4n) is 1.63. The number of Topliss-reactive ketones (excluding diaryl/α,β-unsaturated/α-hetero) is 1. The first kappa shape index (κ1) is 13.6. The van der Waals surface area contributed by atoms with E-state index in [1.807, 2.05) is 0 Å². The lowest BCUT2D eigenvalue weighted by Gasteiger charge is -2.09. The highest BCUT2D eigenvalue weighted by atomic mass is 16.5. The number of benzene rings is 1. The van der Waals surface area contributed by atoms with Crippen LogP contribution in [0.2, 0.25) is 0 Å². The van der Waals surface area contributed by atoms with Crippen molar-refractivity contribution in [2.45, 2.75) is 33.6 Å². The second-order valence-electron chi connectivity index (χ2n) is 4.69. The predicted octanol–water partition coefficient (Wildman–Crippen LogP) is 3.29. The largest absolute Gasteiger partial charge is 0.494 e. The number of ether oxygens (including phenoxy) is 1. The van der Waals surface area contributed by atoms with Gasteiger partial charge in [-0.05, 0) is 37.8 Å². The molecule has 0 atom stereocenters. The first-order valence-corrected chi connectivity index (χ1v) is 6.04. The number of ketones is 1. The molecule has 1 rings (SSSR count). The number of carbonyl (C=O) groups is 1. The summed E-state index contributed by atoms with van der Waals surface area (Å²) < 4.78 is 5.58. The Morgan fingerprint density at radius 2 is 2.12 bits per heavy atom. The van der Waals surface area contributed by atoms with E-state index in [2.05, 4.69) is 13.8 Å². The maximum atomic E-state index is 11.2. The van der Waals surface area contributed by atoms with Crippen LogP contribution >= 0.6 is 0 Å². The number of hydrogen-bond acceptors (Lipinski definition) is 3. The lowest BCUT2D eigenvalue weighted by atomic mass is 10.1. The molecule has 1 aromatic rings. The molecule has 0 aliphatic heterocycles. The average molecular weight is 235 g/mol. The summed E-state index contributed by atoms with van der Waals surface area (Å²) in [5.41, 5.74) is 6.81. The normalized spacial score (nSPS) is 10.6. The maximum Gasteiger partial charge on any atom is 0.161 e. The van der Waals surface area contributed by atoms with Crippen LogP contribution < -0.4 is 10.5 Å². The van der Waals surface area contributed by atoms with Crippen LogP contribution in [0.5, 0.6) is 5.75 Å². The number of rotatable bonds is 6. The summed E-state index contributed by atoms with van der Waals surface area (Å²) in [5.74, 6) is 1.41. The zero-order chi connectivity index (χ0) is 12.8. The van der Waals surface area contributed by atoms with E-state index >= 15 is 0 Å². The molecule has 0 aliphatic carbocycles. The Kier molecular flexibility index (Phi) is 5.01. The Balaban J connectivity index is 2.50. The van der Waals surface area contributed by atoms with Crippen molar-refractivity contribution in [3.05, 3.63) is 23.8 Å². The van der Waals surface area contributed by atoms with Crippen LogP contribution in [0.4, 0.5) is 5.69 Å². The highest BCUT2D eigenvalue weighted by molar-refractivity contribution is 5.99. The Morgan fingerprint density at radius 1 is 1.41 bits per heavy atom. The Bertz CT molecular complexity index is 386. The van der Waals surface area contributed by atoms with E-state index in [0.717, 1.165) is 18.6 Å². The maximum absolute atomic E-state index is 11.2. The van der Waals surface area contributed by atoms with E-state index < -0.39 is 0 Å². The smallest absolute Gasteiger partial charge is 0.161 e. The zero-order valence-electron chi connectivity index (χ0n) is 10.8. The predicted molar refractivity (Wildman–Crippen MR) is 70.4 cm³/mol. The van der Waals surface area contributed by atoms with Crippen molar-refractivity contribution in [3.63, 3.8) is 0 Å². The fourth-order valence-corrected chi connectivity index (χ4v) is 1.63. The minimum Gasteiger partial charge on any atom is -0.494 e. The molecule has 0 saturated carbocycles. The molecule has 17 heavy (non-hydrogen) atoms. The molecule has 0 bridgehead atoms. The lowest BCUT2D eigenvalue weighted by molar-refractivity contribution is 0.101. The second-order valence-corrected chi connectivity index (χ2v) is 4.69. The van der Waals surface area contributed by atoms with Gasteiger partial charge in [-0.15, -0.1) is 0 Å².